The number of carbonyl (C=O) groups is 3. The molecule has 0 aliphatic heterocycles. The van der Waals surface area contributed by atoms with Gasteiger partial charge in [0.05, 0.1) is 0 Å². The highest BCUT2D eigenvalue weighted by molar-refractivity contribution is 5.71. The van der Waals surface area contributed by atoms with E-state index in [1.807, 2.05) is 0 Å². The lowest BCUT2D eigenvalue weighted by Crippen LogP contribution is -2.30. The molecule has 0 saturated carbocycles. The van der Waals surface area contributed by atoms with Crippen molar-refractivity contribution in [2.75, 3.05) is 13.2 Å². The van der Waals surface area contributed by atoms with Crippen LogP contribution >= 0.6 is 0 Å². The summed E-state index contributed by atoms with van der Waals surface area (Å²) in [5.41, 5.74) is 0. The second-order valence-electron chi connectivity index (χ2n) is 22.7. The van der Waals surface area contributed by atoms with E-state index in [0.717, 1.165) is 109 Å². The lowest BCUT2D eigenvalue weighted by molar-refractivity contribution is -0.167. The van der Waals surface area contributed by atoms with Gasteiger partial charge in [-0.2, -0.15) is 0 Å². The van der Waals surface area contributed by atoms with Gasteiger partial charge in [-0.05, 0) is 128 Å². The second-order valence-corrected chi connectivity index (χ2v) is 22.7. The van der Waals surface area contributed by atoms with Crippen molar-refractivity contribution in [2.45, 2.75) is 335 Å². The molecule has 1 unspecified atom stereocenters. The van der Waals surface area contributed by atoms with Crippen LogP contribution in [0.1, 0.15) is 329 Å². The first-order valence-corrected chi connectivity index (χ1v) is 34.4. The normalized spacial score (nSPS) is 12.8. The van der Waals surface area contributed by atoms with Crippen LogP contribution in [0.15, 0.2) is 109 Å². The summed E-state index contributed by atoms with van der Waals surface area (Å²) in [6, 6.07) is 0. The maximum Gasteiger partial charge on any atom is 0.306 e. The van der Waals surface area contributed by atoms with Gasteiger partial charge in [0, 0.05) is 19.3 Å². The van der Waals surface area contributed by atoms with Gasteiger partial charge in [0.1, 0.15) is 13.2 Å². The molecule has 464 valence electrons. The van der Waals surface area contributed by atoms with Gasteiger partial charge in [-0.15, -0.1) is 0 Å². The molecule has 0 aromatic heterocycles. The molecule has 0 saturated heterocycles. The van der Waals surface area contributed by atoms with Crippen LogP contribution in [0, 0.1) is 0 Å². The minimum atomic E-state index is -0.788. The third-order valence-corrected chi connectivity index (χ3v) is 14.7. The zero-order valence-corrected chi connectivity index (χ0v) is 53.3. The first kappa shape index (κ1) is 77.1. The molecule has 6 heteroatoms. The average Bonchev–Trinajstić information content (AvgIpc) is 3.46. The van der Waals surface area contributed by atoms with Crippen molar-refractivity contribution in [2.24, 2.45) is 0 Å². The third-order valence-electron chi connectivity index (χ3n) is 14.7. The van der Waals surface area contributed by atoms with Crippen LogP contribution in [0.4, 0.5) is 0 Å². The van der Waals surface area contributed by atoms with E-state index in [2.05, 4.69) is 130 Å². The fraction of sp³-hybridized carbons (Fsp3) is 0.720. The van der Waals surface area contributed by atoms with E-state index < -0.39 is 6.10 Å². The van der Waals surface area contributed by atoms with Crippen molar-refractivity contribution in [3.8, 4) is 0 Å². The first-order valence-electron chi connectivity index (χ1n) is 34.4. The van der Waals surface area contributed by atoms with Crippen LogP contribution in [-0.2, 0) is 28.6 Å². The Kier molecular flexibility index (Phi) is 65.2. The van der Waals surface area contributed by atoms with E-state index in [1.165, 1.54) is 180 Å². The van der Waals surface area contributed by atoms with E-state index in [1.54, 1.807) is 0 Å². The second kappa shape index (κ2) is 68.6. The van der Waals surface area contributed by atoms with E-state index in [-0.39, 0.29) is 31.1 Å². The van der Waals surface area contributed by atoms with Crippen LogP contribution in [0.2, 0.25) is 0 Å². The summed E-state index contributed by atoms with van der Waals surface area (Å²) in [5.74, 6) is -0.890. The molecular formula is C75H128O6. The van der Waals surface area contributed by atoms with Crippen molar-refractivity contribution in [3.05, 3.63) is 109 Å². The lowest BCUT2D eigenvalue weighted by Gasteiger charge is -2.18. The van der Waals surface area contributed by atoms with Gasteiger partial charge in [0.25, 0.3) is 0 Å². The van der Waals surface area contributed by atoms with Crippen LogP contribution in [0.3, 0.4) is 0 Å². The summed E-state index contributed by atoms with van der Waals surface area (Å²) >= 11 is 0. The number of esters is 3. The van der Waals surface area contributed by atoms with Gasteiger partial charge in [0.2, 0.25) is 0 Å². The van der Waals surface area contributed by atoms with Gasteiger partial charge in [-0.25, -0.2) is 0 Å². The maximum atomic E-state index is 12.9. The zero-order valence-electron chi connectivity index (χ0n) is 53.3. The van der Waals surface area contributed by atoms with Crippen molar-refractivity contribution >= 4 is 17.9 Å². The molecule has 0 aliphatic carbocycles. The molecule has 0 rings (SSSR count). The fourth-order valence-electron chi connectivity index (χ4n) is 9.59. The molecule has 0 heterocycles. The Labute approximate surface area is 501 Å². The molecule has 0 aliphatic rings. The van der Waals surface area contributed by atoms with Crippen molar-refractivity contribution in [3.63, 3.8) is 0 Å². The Morgan fingerprint density at radius 2 is 0.481 bits per heavy atom. The Morgan fingerprint density at radius 1 is 0.259 bits per heavy atom. The highest BCUT2D eigenvalue weighted by Crippen LogP contribution is 2.16. The Balaban J connectivity index is 4.31. The molecule has 0 aromatic carbocycles. The summed E-state index contributed by atoms with van der Waals surface area (Å²) in [6.07, 6.45) is 93.9. The molecule has 0 spiro atoms. The molecule has 1 atom stereocenters. The molecule has 0 N–H and O–H groups in total. The Morgan fingerprint density at radius 3 is 0.778 bits per heavy atom. The smallest absolute Gasteiger partial charge is 0.306 e. The monoisotopic (exact) mass is 1120 g/mol. The average molecular weight is 1130 g/mol. The number of ether oxygens (including phenoxy) is 3. The van der Waals surface area contributed by atoms with Crippen LogP contribution in [0.5, 0.6) is 0 Å². The summed E-state index contributed by atoms with van der Waals surface area (Å²) in [5, 5.41) is 0. The highest BCUT2D eigenvalue weighted by atomic mass is 16.6. The predicted octanol–water partition coefficient (Wildman–Crippen LogP) is 23.8. The quantitative estimate of drug-likeness (QED) is 0.0261. The zero-order chi connectivity index (χ0) is 58.5. The van der Waals surface area contributed by atoms with Crippen molar-refractivity contribution < 1.29 is 28.6 Å². The largest absolute Gasteiger partial charge is 0.462 e. The van der Waals surface area contributed by atoms with Gasteiger partial charge < -0.3 is 14.2 Å². The van der Waals surface area contributed by atoms with Gasteiger partial charge in [-0.3, -0.25) is 14.4 Å². The predicted molar refractivity (Wildman–Crippen MR) is 353 cm³/mol. The SMILES string of the molecule is CC/C=C\C/C=C\C/C=C\C/C=C\C/C=C\C/C=C\CCCCCCCCCCCCC(=O)OCC(COC(=O)CCCCCCC/C=C\CCCCCC)OC(=O)CCCCCCCCCCC/C=C\C/C=C\CCCCCCC. The fourth-order valence-corrected chi connectivity index (χ4v) is 9.59. The number of carbonyl (C=O) groups excluding carboxylic acids is 3. The molecule has 0 fully saturated rings. The molecule has 0 radical (unpaired) electrons. The van der Waals surface area contributed by atoms with Gasteiger partial charge in [-0.1, -0.05) is 291 Å². The number of rotatable bonds is 62. The van der Waals surface area contributed by atoms with Crippen LogP contribution in [-0.4, -0.2) is 37.2 Å². The molecule has 0 amide bonds. The lowest BCUT2D eigenvalue weighted by atomic mass is 10.1. The highest BCUT2D eigenvalue weighted by Gasteiger charge is 2.19. The summed E-state index contributed by atoms with van der Waals surface area (Å²) in [4.78, 5) is 38.4. The Bertz CT molecular complexity index is 1620. The number of allylic oxidation sites excluding steroid dienone is 18. The Hall–Kier alpha value is -3.93. The number of unbranched alkanes of at least 4 members (excludes halogenated alkanes) is 33. The van der Waals surface area contributed by atoms with Gasteiger partial charge in [0.15, 0.2) is 6.10 Å². The van der Waals surface area contributed by atoms with Crippen molar-refractivity contribution in [1.82, 2.24) is 0 Å². The summed E-state index contributed by atoms with van der Waals surface area (Å²) in [6.45, 7) is 6.52. The molecular weight excluding hydrogens is 997 g/mol. The first-order chi connectivity index (χ1) is 40.0. The number of hydrogen-bond acceptors (Lipinski definition) is 6. The van der Waals surface area contributed by atoms with E-state index in [0.29, 0.717) is 19.3 Å². The number of hydrogen-bond donors (Lipinski definition) is 0. The standard InChI is InChI=1S/C75H128O6/c1-4-7-10-13-16-19-22-25-27-29-31-33-34-35-36-37-38-39-40-42-43-45-47-50-53-56-59-62-65-68-74(77)80-71-72(70-79-73(76)67-64-61-58-55-52-49-24-21-18-15-12-9-6-3)81-75(78)69-66-63-60-57-54-51-48-46-44-41-32-30-28-26-23-20-17-14-11-8-5-2/h7,10,16,19,21,23-27,30-33,35-36,38-39,72H,4-6,8-9,11-15,17-18,20,22,28-29,34,37,40-71H2,1-3H3/b10-7-,19-16-,24-21-,26-23-,27-25-,32-30-,33-31-,36-35-,39-38-. The topological polar surface area (TPSA) is 78.9 Å². The minimum Gasteiger partial charge on any atom is -0.462 e. The van der Waals surface area contributed by atoms with E-state index in [4.69, 9.17) is 14.2 Å². The van der Waals surface area contributed by atoms with E-state index >= 15 is 0 Å². The van der Waals surface area contributed by atoms with Crippen molar-refractivity contribution in [1.29, 1.82) is 0 Å². The minimum absolute atomic E-state index is 0.0840. The molecule has 0 bridgehead atoms. The van der Waals surface area contributed by atoms with Crippen LogP contribution in [0.25, 0.3) is 0 Å². The summed E-state index contributed by atoms with van der Waals surface area (Å²) in [7, 11) is 0. The molecule has 0 aromatic rings. The molecule has 81 heavy (non-hydrogen) atoms. The maximum absolute atomic E-state index is 12.9. The van der Waals surface area contributed by atoms with E-state index in [9.17, 15) is 14.4 Å². The van der Waals surface area contributed by atoms with Gasteiger partial charge >= 0.3 is 17.9 Å². The summed E-state index contributed by atoms with van der Waals surface area (Å²) < 4.78 is 17.0. The molecule has 6 nitrogen and oxygen atoms in total. The van der Waals surface area contributed by atoms with Crippen LogP contribution < -0.4 is 0 Å². The third kappa shape index (κ3) is 66.8.